The average molecular weight is 427 g/mol. The zero-order valence-corrected chi connectivity index (χ0v) is 17.3. The van der Waals surface area contributed by atoms with Gasteiger partial charge in [0.05, 0.1) is 30.7 Å². The summed E-state index contributed by atoms with van der Waals surface area (Å²) >= 11 is 1.19. The molecule has 0 saturated carbocycles. The van der Waals surface area contributed by atoms with Gasteiger partial charge in [-0.15, -0.1) is 0 Å². The van der Waals surface area contributed by atoms with Gasteiger partial charge >= 0.3 is 5.97 Å². The molecule has 8 nitrogen and oxygen atoms in total. The number of nitrogens with zero attached hydrogens (tertiary/aromatic N) is 1. The van der Waals surface area contributed by atoms with Gasteiger partial charge in [-0.2, -0.15) is 0 Å². The second-order valence-electron chi connectivity index (χ2n) is 6.23. The number of anilines is 1. The van der Waals surface area contributed by atoms with Crippen LogP contribution in [0.4, 0.5) is 11.4 Å². The average Bonchev–Trinajstić information content (AvgIpc) is 3.08. The molecule has 30 heavy (non-hydrogen) atoms. The van der Waals surface area contributed by atoms with Gasteiger partial charge in [-0.25, -0.2) is 9.79 Å². The Morgan fingerprint density at radius 3 is 2.60 bits per heavy atom. The first-order valence-corrected chi connectivity index (χ1v) is 10.1. The molecule has 1 saturated heterocycles. The molecule has 2 N–H and O–H groups in total. The molecule has 156 valence electrons. The number of nitrogens with one attached hydrogen (secondary N) is 2. The van der Waals surface area contributed by atoms with Crippen molar-refractivity contribution in [1.29, 1.82) is 0 Å². The second-order valence-corrected chi connectivity index (χ2v) is 7.42. The van der Waals surface area contributed by atoms with Crippen molar-refractivity contribution in [2.45, 2.75) is 18.6 Å². The second kappa shape index (κ2) is 9.93. The van der Waals surface area contributed by atoms with Crippen LogP contribution in [0.1, 0.15) is 23.7 Å². The molecular weight excluding hydrogens is 406 g/mol. The molecule has 9 heteroatoms. The zero-order valence-electron chi connectivity index (χ0n) is 16.5. The summed E-state index contributed by atoms with van der Waals surface area (Å²) in [5, 5.41) is 5.17. The fourth-order valence-electron chi connectivity index (χ4n) is 2.74. The third-order valence-corrected chi connectivity index (χ3v) is 5.21. The van der Waals surface area contributed by atoms with Gasteiger partial charge in [0.15, 0.2) is 5.17 Å². The van der Waals surface area contributed by atoms with Crippen molar-refractivity contribution < 1.29 is 23.9 Å². The number of aliphatic imine (C=N–C) groups is 1. The number of carbonyl (C=O) groups is 3. The molecular formula is C21H21N3O5S. The lowest BCUT2D eigenvalue weighted by Gasteiger charge is -2.10. The first-order valence-electron chi connectivity index (χ1n) is 9.26. The molecule has 0 aliphatic carbocycles. The smallest absolute Gasteiger partial charge is 0.339 e. The normalized spacial score (nSPS) is 16.8. The SMILES string of the molecule is CCOc1ccc(N=C2NC(=O)C(CC(=O)Nc3ccccc3C(=O)OC)S2)cc1. The summed E-state index contributed by atoms with van der Waals surface area (Å²) in [6.07, 6.45) is -0.0612. The van der Waals surface area contributed by atoms with E-state index in [2.05, 4.69) is 15.6 Å². The number of esters is 1. The molecule has 1 aliphatic rings. The van der Waals surface area contributed by atoms with Crippen LogP contribution in [0.25, 0.3) is 0 Å². The van der Waals surface area contributed by atoms with Crippen molar-refractivity contribution >= 4 is 46.1 Å². The molecule has 0 radical (unpaired) electrons. The lowest BCUT2D eigenvalue weighted by atomic mass is 10.1. The van der Waals surface area contributed by atoms with Gasteiger partial charge in [0, 0.05) is 6.42 Å². The summed E-state index contributed by atoms with van der Waals surface area (Å²) in [5.74, 6) is -0.489. The molecule has 1 aliphatic heterocycles. The number of benzene rings is 2. The Hall–Kier alpha value is -3.33. The van der Waals surface area contributed by atoms with E-state index in [1.165, 1.54) is 18.9 Å². The molecule has 1 unspecified atom stereocenters. The number of hydrogen-bond acceptors (Lipinski definition) is 7. The summed E-state index contributed by atoms with van der Waals surface area (Å²) in [4.78, 5) is 40.9. The molecule has 1 atom stereocenters. The molecule has 0 bridgehead atoms. The quantitative estimate of drug-likeness (QED) is 0.658. The molecule has 0 spiro atoms. The highest BCUT2D eigenvalue weighted by Crippen LogP contribution is 2.27. The number of ether oxygens (including phenoxy) is 2. The minimum absolute atomic E-state index is 0.0612. The fourth-order valence-corrected chi connectivity index (χ4v) is 3.73. The highest BCUT2D eigenvalue weighted by molar-refractivity contribution is 8.15. The van der Waals surface area contributed by atoms with Crippen molar-refractivity contribution in [3.8, 4) is 5.75 Å². The van der Waals surface area contributed by atoms with Gasteiger partial charge in [-0.05, 0) is 43.3 Å². The van der Waals surface area contributed by atoms with Crippen molar-refractivity contribution in [2.24, 2.45) is 4.99 Å². The van der Waals surface area contributed by atoms with Gasteiger partial charge in [-0.1, -0.05) is 23.9 Å². The predicted molar refractivity (Wildman–Crippen MR) is 115 cm³/mol. The zero-order chi connectivity index (χ0) is 21.5. The molecule has 3 rings (SSSR count). The minimum Gasteiger partial charge on any atom is -0.494 e. The number of amides is 2. The Labute approximate surface area is 178 Å². The summed E-state index contributed by atoms with van der Waals surface area (Å²) in [6, 6.07) is 13.7. The summed E-state index contributed by atoms with van der Waals surface area (Å²) < 4.78 is 10.1. The van der Waals surface area contributed by atoms with Crippen molar-refractivity contribution in [3.63, 3.8) is 0 Å². The Bertz CT molecular complexity index is 975. The number of rotatable bonds is 7. The molecule has 1 fully saturated rings. The number of amidine groups is 1. The van der Waals surface area contributed by atoms with E-state index in [9.17, 15) is 14.4 Å². The van der Waals surface area contributed by atoms with Crippen LogP contribution in [0.3, 0.4) is 0 Å². The number of thioether (sulfide) groups is 1. The van der Waals surface area contributed by atoms with E-state index in [0.717, 1.165) is 5.75 Å². The number of para-hydroxylation sites is 1. The van der Waals surface area contributed by atoms with Gasteiger partial charge in [-0.3, -0.25) is 9.59 Å². The van der Waals surface area contributed by atoms with Crippen LogP contribution in [0.15, 0.2) is 53.5 Å². The van der Waals surface area contributed by atoms with Crippen molar-refractivity contribution in [1.82, 2.24) is 5.32 Å². The van der Waals surface area contributed by atoms with Gasteiger partial charge in [0.1, 0.15) is 11.0 Å². The lowest BCUT2D eigenvalue weighted by molar-refractivity contribution is -0.122. The van der Waals surface area contributed by atoms with E-state index in [4.69, 9.17) is 9.47 Å². The Kier molecular flexibility index (Phi) is 7.08. The lowest BCUT2D eigenvalue weighted by Crippen LogP contribution is -2.28. The van der Waals surface area contributed by atoms with Crippen LogP contribution in [-0.4, -0.2) is 41.9 Å². The van der Waals surface area contributed by atoms with Crippen molar-refractivity contribution in [2.75, 3.05) is 19.0 Å². The van der Waals surface area contributed by atoms with E-state index >= 15 is 0 Å². The molecule has 2 aromatic carbocycles. The van der Waals surface area contributed by atoms with Gasteiger partial charge < -0.3 is 20.1 Å². The Morgan fingerprint density at radius 2 is 1.90 bits per heavy atom. The maximum absolute atomic E-state index is 12.4. The molecule has 0 aromatic heterocycles. The monoisotopic (exact) mass is 427 g/mol. The standard InChI is InChI=1S/C21H21N3O5S/c1-3-29-14-10-8-13(9-11-14)22-21-24-19(26)17(30-21)12-18(25)23-16-7-5-4-6-15(16)20(27)28-2/h4-11,17H,3,12H2,1-2H3,(H,23,25)(H,22,24,26). The third kappa shape index (κ3) is 5.38. The topological polar surface area (TPSA) is 106 Å². The van der Waals surface area contributed by atoms with Crippen LogP contribution in [0.2, 0.25) is 0 Å². The van der Waals surface area contributed by atoms with Crippen molar-refractivity contribution in [3.05, 3.63) is 54.1 Å². The number of hydrogen-bond donors (Lipinski definition) is 2. The molecule has 2 aromatic rings. The fraction of sp³-hybridized carbons (Fsp3) is 0.238. The van der Waals surface area contributed by atoms with Crippen LogP contribution < -0.4 is 15.4 Å². The molecule has 1 heterocycles. The largest absolute Gasteiger partial charge is 0.494 e. The highest BCUT2D eigenvalue weighted by atomic mass is 32.2. The van der Waals surface area contributed by atoms with E-state index < -0.39 is 11.2 Å². The Morgan fingerprint density at radius 1 is 1.17 bits per heavy atom. The van der Waals surface area contributed by atoms with Crippen LogP contribution >= 0.6 is 11.8 Å². The Balaban J connectivity index is 1.62. The molecule has 2 amide bonds. The first kappa shape index (κ1) is 21.4. The van der Waals surface area contributed by atoms with Gasteiger partial charge in [0.2, 0.25) is 11.8 Å². The van der Waals surface area contributed by atoms with E-state index in [-0.39, 0.29) is 23.8 Å². The highest BCUT2D eigenvalue weighted by Gasteiger charge is 2.32. The van der Waals surface area contributed by atoms with Gasteiger partial charge in [0.25, 0.3) is 0 Å². The summed E-state index contributed by atoms with van der Waals surface area (Å²) in [7, 11) is 1.27. The number of carbonyl (C=O) groups excluding carboxylic acids is 3. The van der Waals surface area contributed by atoms with Crippen LogP contribution in [-0.2, 0) is 14.3 Å². The summed E-state index contributed by atoms with van der Waals surface area (Å²) in [6.45, 7) is 2.48. The minimum atomic E-state index is -0.614. The third-order valence-electron chi connectivity index (χ3n) is 4.13. The van der Waals surface area contributed by atoms with Crippen LogP contribution in [0, 0.1) is 0 Å². The number of methoxy groups -OCH3 is 1. The van der Waals surface area contributed by atoms with Crippen LogP contribution in [0.5, 0.6) is 5.75 Å². The van der Waals surface area contributed by atoms with E-state index in [1.54, 1.807) is 48.5 Å². The van der Waals surface area contributed by atoms with E-state index in [1.807, 2.05) is 6.92 Å². The maximum atomic E-state index is 12.4. The maximum Gasteiger partial charge on any atom is 0.339 e. The summed E-state index contributed by atoms with van der Waals surface area (Å²) in [5.41, 5.74) is 1.24. The first-order chi connectivity index (χ1) is 14.5. The van der Waals surface area contributed by atoms with E-state index in [0.29, 0.717) is 23.1 Å². The predicted octanol–water partition coefficient (Wildman–Crippen LogP) is 3.12.